The van der Waals surface area contributed by atoms with E-state index >= 15 is 0 Å². The van der Waals surface area contributed by atoms with Gasteiger partial charge >= 0.3 is 0 Å². The highest BCUT2D eigenvalue weighted by Crippen LogP contribution is 2.43. The Morgan fingerprint density at radius 3 is 2.37 bits per heavy atom. The molecule has 35 heavy (non-hydrogen) atoms. The molecule has 4 heteroatoms. The number of allylic oxidation sites excluding steroid dienone is 1. The molecule has 4 aromatic carbocycles. The summed E-state index contributed by atoms with van der Waals surface area (Å²) in [5.41, 5.74) is 3.37. The van der Waals surface area contributed by atoms with Gasteiger partial charge in [0, 0.05) is 29.1 Å². The Morgan fingerprint density at radius 1 is 0.857 bits per heavy atom. The minimum atomic E-state index is 0.719. The molecule has 1 saturated heterocycles. The van der Waals surface area contributed by atoms with Gasteiger partial charge in [0.1, 0.15) is 17.2 Å². The standard InChI is InChI=1S/C31H30ClNO2/c1-34-28-16-17-29-25(22-28)21-24(9-8-20-33-18-6-3-7-19-33)30(23-12-14-26(32)15-13-23)31(29)35-27-10-4-2-5-11-27/h2,4-5,8,10-17,20-22H,3,6-7,9,18-19H2,1H3. The van der Waals surface area contributed by atoms with Gasteiger partial charge in [-0.2, -0.15) is 0 Å². The van der Waals surface area contributed by atoms with E-state index in [4.69, 9.17) is 21.1 Å². The first-order chi connectivity index (χ1) is 17.2. The largest absolute Gasteiger partial charge is 0.497 e. The zero-order chi connectivity index (χ0) is 24.0. The third-order valence-corrected chi connectivity index (χ3v) is 6.77. The summed E-state index contributed by atoms with van der Waals surface area (Å²) in [5.74, 6) is 2.48. The van der Waals surface area contributed by atoms with Crippen molar-refractivity contribution in [1.29, 1.82) is 0 Å². The van der Waals surface area contributed by atoms with Crippen LogP contribution in [-0.4, -0.2) is 25.1 Å². The summed E-state index contributed by atoms with van der Waals surface area (Å²) in [6.07, 6.45) is 9.21. The third kappa shape index (κ3) is 5.47. The zero-order valence-electron chi connectivity index (χ0n) is 20.0. The fourth-order valence-electron chi connectivity index (χ4n) is 4.74. The highest BCUT2D eigenvalue weighted by atomic mass is 35.5. The van der Waals surface area contributed by atoms with Gasteiger partial charge < -0.3 is 14.4 Å². The van der Waals surface area contributed by atoms with Crippen LogP contribution < -0.4 is 9.47 Å². The molecule has 4 aromatic rings. The van der Waals surface area contributed by atoms with Crippen molar-refractivity contribution in [3.8, 4) is 28.4 Å². The molecule has 1 fully saturated rings. The average Bonchev–Trinajstić information content (AvgIpc) is 2.90. The van der Waals surface area contributed by atoms with Crippen LogP contribution in [0, 0.1) is 0 Å². The van der Waals surface area contributed by atoms with Crippen molar-refractivity contribution < 1.29 is 9.47 Å². The Labute approximate surface area is 212 Å². The van der Waals surface area contributed by atoms with Gasteiger partial charge in [0.05, 0.1) is 7.11 Å². The van der Waals surface area contributed by atoms with Crippen LogP contribution in [0.1, 0.15) is 24.8 Å². The summed E-state index contributed by atoms with van der Waals surface area (Å²) in [4.78, 5) is 2.43. The summed E-state index contributed by atoms with van der Waals surface area (Å²) in [6, 6.07) is 26.4. The van der Waals surface area contributed by atoms with E-state index in [1.165, 1.54) is 24.8 Å². The molecule has 0 atom stereocenters. The first-order valence-electron chi connectivity index (χ1n) is 12.2. The summed E-state index contributed by atoms with van der Waals surface area (Å²) in [6.45, 7) is 2.27. The normalized spacial score (nSPS) is 13.9. The SMILES string of the molecule is COc1ccc2c(Oc3ccccc3)c(-c3ccc(Cl)cc3)c(CC=CN3CCCCC3)cc2c1. The van der Waals surface area contributed by atoms with E-state index < -0.39 is 0 Å². The fourth-order valence-corrected chi connectivity index (χ4v) is 4.86. The second kappa shape index (κ2) is 10.9. The van der Waals surface area contributed by atoms with Gasteiger partial charge in [0.25, 0.3) is 0 Å². The van der Waals surface area contributed by atoms with Crippen LogP contribution in [0.25, 0.3) is 21.9 Å². The predicted octanol–water partition coefficient (Wildman–Crippen LogP) is 8.50. The van der Waals surface area contributed by atoms with E-state index in [0.29, 0.717) is 0 Å². The number of nitrogens with zero attached hydrogens (tertiary/aromatic N) is 1. The van der Waals surface area contributed by atoms with Gasteiger partial charge in [-0.05, 0) is 96.9 Å². The molecule has 1 aliphatic rings. The molecule has 0 bridgehead atoms. The molecular formula is C31H30ClNO2. The van der Waals surface area contributed by atoms with Crippen molar-refractivity contribution in [2.75, 3.05) is 20.2 Å². The van der Waals surface area contributed by atoms with Crippen LogP contribution in [0.15, 0.2) is 91.1 Å². The first-order valence-corrected chi connectivity index (χ1v) is 12.6. The highest BCUT2D eigenvalue weighted by Gasteiger charge is 2.18. The summed E-state index contributed by atoms with van der Waals surface area (Å²) >= 11 is 6.24. The molecule has 0 amide bonds. The highest BCUT2D eigenvalue weighted by molar-refractivity contribution is 6.30. The lowest BCUT2D eigenvalue weighted by Gasteiger charge is -2.25. The summed E-state index contributed by atoms with van der Waals surface area (Å²) in [5, 5.41) is 2.86. The third-order valence-electron chi connectivity index (χ3n) is 6.52. The van der Waals surface area contributed by atoms with Crippen molar-refractivity contribution in [2.24, 2.45) is 0 Å². The molecule has 3 nitrogen and oxygen atoms in total. The van der Waals surface area contributed by atoms with E-state index in [1.54, 1.807) is 7.11 Å². The van der Waals surface area contributed by atoms with Crippen LogP contribution in [-0.2, 0) is 6.42 Å². The van der Waals surface area contributed by atoms with Crippen LogP contribution in [0.4, 0.5) is 0 Å². The number of fused-ring (bicyclic) bond motifs is 1. The zero-order valence-corrected chi connectivity index (χ0v) is 20.8. The second-order valence-electron chi connectivity index (χ2n) is 8.93. The van der Waals surface area contributed by atoms with Gasteiger partial charge in [0.2, 0.25) is 0 Å². The lowest BCUT2D eigenvalue weighted by atomic mass is 9.92. The number of halogens is 1. The minimum absolute atomic E-state index is 0.719. The quantitative estimate of drug-likeness (QED) is 0.263. The topological polar surface area (TPSA) is 21.7 Å². The minimum Gasteiger partial charge on any atom is -0.497 e. The average molecular weight is 484 g/mol. The predicted molar refractivity (Wildman–Crippen MR) is 146 cm³/mol. The number of para-hydroxylation sites is 1. The fraction of sp³-hybridized carbons (Fsp3) is 0.226. The maximum absolute atomic E-state index is 6.61. The molecule has 0 aromatic heterocycles. The molecule has 0 N–H and O–H groups in total. The summed E-state index contributed by atoms with van der Waals surface area (Å²) in [7, 11) is 1.70. The Hall–Kier alpha value is -3.43. The number of hydrogen-bond donors (Lipinski definition) is 0. The number of ether oxygens (including phenoxy) is 2. The smallest absolute Gasteiger partial charge is 0.143 e. The van der Waals surface area contributed by atoms with Gasteiger partial charge in [-0.15, -0.1) is 0 Å². The molecule has 1 heterocycles. The lowest BCUT2D eigenvalue weighted by Crippen LogP contribution is -2.24. The summed E-state index contributed by atoms with van der Waals surface area (Å²) < 4.78 is 12.1. The van der Waals surface area contributed by atoms with Crippen molar-refractivity contribution in [2.45, 2.75) is 25.7 Å². The molecule has 5 rings (SSSR count). The molecule has 0 saturated carbocycles. The van der Waals surface area contributed by atoms with Crippen molar-refractivity contribution in [3.63, 3.8) is 0 Å². The van der Waals surface area contributed by atoms with Crippen molar-refractivity contribution in [3.05, 3.63) is 102 Å². The molecule has 178 valence electrons. The maximum atomic E-state index is 6.61. The van der Waals surface area contributed by atoms with E-state index in [2.05, 4.69) is 47.5 Å². The van der Waals surface area contributed by atoms with Crippen LogP contribution in [0.2, 0.25) is 5.02 Å². The van der Waals surface area contributed by atoms with E-state index in [1.807, 2.05) is 48.5 Å². The van der Waals surface area contributed by atoms with Crippen LogP contribution in [0.5, 0.6) is 17.2 Å². The van der Waals surface area contributed by atoms with E-state index in [9.17, 15) is 0 Å². The van der Waals surface area contributed by atoms with Crippen LogP contribution in [0.3, 0.4) is 0 Å². The lowest BCUT2D eigenvalue weighted by molar-refractivity contribution is 0.309. The van der Waals surface area contributed by atoms with Gasteiger partial charge in [-0.25, -0.2) is 0 Å². The molecular weight excluding hydrogens is 454 g/mol. The number of likely N-dealkylation sites (tertiary alicyclic amines) is 1. The number of benzene rings is 4. The Bertz CT molecular complexity index is 1310. The number of rotatable bonds is 7. The monoisotopic (exact) mass is 483 g/mol. The van der Waals surface area contributed by atoms with Crippen molar-refractivity contribution in [1.82, 2.24) is 4.90 Å². The molecule has 0 aliphatic carbocycles. The number of methoxy groups -OCH3 is 1. The van der Waals surface area contributed by atoms with Crippen LogP contribution >= 0.6 is 11.6 Å². The molecule has 0 unspecified atom stereocenters. The second-order valence-corrected chi connectivity index (χ2v) is 9.37. The maximum Gasteiger partial charge on any atom is 0.143 e. The van der Waals surface area contributed by atoms with Gasteiger partial charge in [-0.1, -0.05) is 48.0 Å². The Kier molecular flexibility index (Phi) is 7.25. The van der Waals surface area contributed by atoms with Gasteiger partial charge in [0.15, 0.2) is 0 Å². The van der Waals surface area contributed by atoms with Crippen molar-refractivity contribution >= 4 is 22.4 Å². The number of piperidine rings is 1. The number of hydrogen-bond acceptors (Lipinski definition) is 3. The molecule has 0 radical (unpaired) electrons. The van der Waals surface area contributed by atoms with Gasteiger partial charge in [-0.3, -0.25) is 0 Å². The van der Waals surface area contributed by atoms with E-state index in [0.717, 1.165) is 63.7 Å². The van der Waals surface area contributed by atoms with E-state index in [-0.39, 0.29) is 0 Å². The molecule has 0 spiro atoms. The molecule has 1 aliphatic heterocycles. The first kappa shape index (κ1) is 23.3. The Morgan fingerprint density at radius 2 is 1.63 bits per heavy atom. The Balaban J connectivity index is 1.66.